The number of nitrogens with one attached hydrogen (secondary N) is 3. The molecule has 2 heterocycles. The SMILES string of the molecule is CCCCCn1nc(C(=O)NNC(=O)CC2Sc3ccccc3NC2=O)c2ccccc2c1=O. The highest BCUT2D eigenvalue weighted by Crippen LogP contribution is 2.36. The van der Waals surface area contributed by atoms with E-state index in [1.165, 1.54) is 16.4 Å². The van der Waals surface area contributed by atoms with Gasteiger partial charge in [0.25, 0.3) is 11.5 Å². The van der Waals surface area contributed by atoms with Crippen LogP contribution in [0.2, 0.25) is 0 Å². The van der Waals surface area contributed by atoms with Gasteiger partial charge in [0, 0.05) is 23.2 Å². The Morgan fingerprint density at radius 2 is 1.76 bits per heavy atom. The number of carbonyl (C=O) groups is 3. The van der Waals surface area contributed by atoms with Crippen LogP contribution in [0.3, 0.4) is 0 Å². The first-order chi connectivity index (χ1) is 16.5. The van der Waals surface area contributed by atoms with Crippen molar-refractivity contribution in [2.75, 3.05) is 5.32 Å². The summed E-state index contributed by atoms with van der Waals surface area (Å²) >= 11 is 1.30. The standard InChI is InChI=1S/C24H25N5O4S/c1-2-3-8-13-29-24(33)16-10-5-4-9-15(16)21(28-29)23(32)27-26-20(30)14-19-22(31)25-17-11-6-7-12-18(17)34-19/h4-7,9-12,19H,2-3,8,13-14H2,1H3,(H,25,31)(H,26,30)(H,27,32). The monoisotopic (exact) mass is 479 g/mol. The molecule has 0 radical (unpaired) electrons. The minimum atomic E-state index is -0.639. The number of thioether (sulfide) groups is 1. The lowest BCUT2D eigenvalue weighted by atomic mass is 10.1. The molecule has 34 heavy (non-hydrogen) atoms. The maximum absolute atomic E-state index is 12.9. The van der Waals surface area contributed by atoms with Gasteiger partial charge in [0.1, 0.15) is 0 Å². The highest BCUT2D eigenvalue weighted by Gasteiger charge is 2.29. The molecule has 0 fully saturated rings. The average molecular weight is 480 g/mol. The third kappa shape index (κ3) is 5.12. The number of hydrogen-bond acceptors (Lipinski definition) is 6. The van der Waals surface area contributed by atoms with Gasteiger partial charge in [0.2, 0.25) is 11.8 Å². The molecule has 1 aromatic heterocycles. The predicted octanol–water partition coefficient (Wildman–Crippen LogP) is 2.85. The fourth-order valence-corrected chi connectivity index (χ4v) is 4.81. The maximum atomic E-state index is 12.9. The Morgan fingerprint density at radius 1 is 1.03 bits per heavy atom. The Morgan fingerprint density at radius 3 is 2.56 bits per heavy atom. The smallest absolute Gasteiger partial charge is 0.290 e. The van der Waals surface area contributed by atoms with Gasteiger partial charge in [-0.3, -0.25) is 30.0 Å². The van der Waals surface area contributed by atoms with Gasteiger partial charge in [-0.1, -0.05) is 50.1 Å². The number of nitrogens with zero attached hydrogens (tertiary/aromatic N) is 2. The second-order valence-electron chi connectivity index (χ2n) is 7.93. The van der Waals surface area contributed by atoms with Crippen molar-refractivity contribution in [1.82, 2.24) is 20.6 Å². The van der Waals surface area contributed by atoms with Gasteiger partial charge in [0.15, 0.2) is 5.69 Å². The molecule has 9 nitrogen and oxygen atoms in total. The summed E-state index contributed by atoms with van der Waals surface area (Å²) in [5.74, 6) is -1.42. The van der Waals surface area contributed by atoms with Crippen LogP contribution < -0.4 is 21.7 Å². The van der Waals surface area contributed by atoms with Gasteiger partial charge in [-0.2, -0.15) is 5.10 Å². The van der Waals surface area contributed by atoms with E-state index in [0.29, 0.717) is 17.3 Å². The van der Waals surface area contributed by atoms with Gasteiger partial charge in [-0.05, 0) is 24.6 Å². The van der Waals surface area contributed by atoms with Crippen molar-refractivity contribution in [2.45, 2.75) is 49.3 Å². The number of anilines is 1. The normalized spacial score (nSPS) is 14.9. The molecule has 10 heteroatoms. The lowest BCUT2D eigenvalue weighted by Crippen LogP contribution is -2.44. The number of fused-ring (bicyclic) bond motifs is 2. The third-order valence-corrected chi connectivity index (χ3v) is 6.72. The summed E-state index contributed by atoms with van der Waals surface area (Å²) in [5.41, 5.74) is 5.24. The van der Waals surface area contributed by atoms with Gasteiger partial charge in [-0.25, -0.2) is 4.68 Å². The molecule has 0 saturated carbocycles. The molecule has 1 aliphatic rings. The Labute approximate surface area is 200 Å². The number of para-hydroxylation sites is 1. The second-order valence-corrected chi connectivity index (χ2v) is 9.17. The Hall–Kier alpha value is -3.66. The van der Waals surface area contributed by atoms with Crippen LogP contribution in [0.25, 0.3) is 10.8 Å². The first-order valence-electron chi connectivity index (χ1n) is 11.1. The third-order valence-electron chi connectivity index (χ3n) is 5.45. The molecule has 1 aliphatic heterocycles. The lowest BCUT2D eigenvalue weighted by Gasteiger charge is -2.23. The number of hydrogen-bond donors (Lipinski definition) is 3. The molecule has 0 aliphatic carbocycles. The number of benzene rings is 2. The molecule has 3 aromatic rings. The number of hydrazine groups is 1. The molecule has 0 bridgehead atoms. The average Bonchev–Trinajstić information content (AvgIpc) is 2.84. The minimum absolute atomic E-state index is 0.0470. The van der Waals surface area contributed by atoms with E-state index in [1.54, 1.807) is 30.3 Å². The van der Waals surface area contributed by atoms with E-state index in [0.717, 1.165) is 29.8 Å². The Bertz CT molecular complexity index is 1310. The Balaban J connectivity index is 1.45. The largest absolute Gasteiger partial charge is 0.324 e. The summed E-state index contributed by atoms with van der Waals surface area (Å²) in [6.45, 7) is 2.46. The van der Waals surface area contributed by atoms with Gasteiger partial charge < -0.3 is 5.32 Å². The number of rotatable bonds is 7. The predicted molar refractivity (Wildman–Crippen MR) is 130 cm³/mol. The van der Waals surface area contributed by atoms with Gasteiger partial charge >= 0.3 is 0 Å². The number of aryl methyl sites for hydroxylation is 1. The minimum Gasteiger partial charge on any atom is -0.324 e. The summed E-state index contributed by atoms with van der Waals surface area (Å²) < 4.78 is 1.30. The van der Waals surface area contributed by atoms with E-state index < -0.39 is 17.1 Å². The van der Waals surface area contributed by atoms with Crippen molar-refractivity contribution in [3.63, 3.8) is 0 Å². The van der Waals surface area contributed by atoms with Gasteiger partial charge in [-0.15, -0.1) is 11.8 Å². The molecular weight excluding hydrogens is 454 g/mol. The molecular formula is C24H25N5O4S. The van der Waals surface area contributed by atoms with Crippen LogP contribution in [-0.4, -0.2) is 32.8 Å². The molecule has 0 spiro atoms. The van der Waals surface area contributed by atoms with E-state index >= 15 is 0 Å². The fourth-order valence-electron chi connectivity index (χ4n) is 3.70. The number of unbranched alkanes of at least 4 members (excludes halogenated alkanes) is 2. The topological polar surface area (TPSA) is 122 Å². The second kappa shape index (κ2) is 10.5. The summed E-state index contributed by atoms with van der Waals surface area (Å²) in [6.07, 6.45) is 2.58. The van der Waals surface area contributed by atoms with E-state index in [9.17, 15) is 19.2 Å². The number of carbonyl (C=O) groups excluding carboxylic acids is 3. The van der Waals surface area contributed by atoms with Crippen LogP contribution in [0.1, 0.15) is 43.1 Å². The zero-order chi connectivity index (χ0) is 24.1. The zero-order valence-corrected chi connectivity index (χ0v) is 19.5. The zero-order valence-electron chi connectivity index (χ0n) is 18.7. The van der Waals surface area contributed by atoms with Crippen molar-refractivity contribution >= 4 is 45.9 Å². The lowest BCUT2D eigenvalue weighted by molar-refractivity contribution is -0.124. The first-order valence-corrected chi connectivity index (χ1v) is 12.0. The van der Waals surface area contributed by atoms with E-state index in [1.807, 2.05) is 18.2 Å². The molecule has 176 valence electrons. The summed E-state index contributed by atoms with van der Waals surface area (Å²) in [6, 6.07) is 14.1. The van der Waals surface area contributed by atoms with E-state index in [4.69, 9.17) is 0 Å². The van der Waals surface area contributed by atoms with Crippen LogP contribution in [0.5, 0.6) is 0 Å². The summed E-state index contributed by atoms with van der Waals surface area (Å²) in [4.78, 5) is 51.3. The molecule has 1 unspecified atom stereocenters. The molecule has 3 amide bonds. The maximum Gasteiger partial charge on any atom is 0.290 e. The molecule has 2 aromatic carbocycles. The van der Waals surface area contributed by atoms with Gasteiger partial charge in [0.05, 0.1) is 16.3 Å². The van der Waals surface area contributed by atoms with Crippen molar-refractivity contribution in [3.05, 3.63) is 64.6 Å². The molecule has 1 atom stereocenters. The van der Waals surface area contributed by atoms with Crippen molar-refractivity contribution in [1.29, 1.82) is 0 Å². The molecule has 3 N–H and O–H groups in total. The van der Waals surface area contributed by atoms with Crippen molar-refractivity contribution < 1.29 is 14.4 Å². The number of amides is 3. The number of aromatic nitrogens is 2. The quantitative estimate of drug-likeness (QED) is 0.354. The summed E-state index contributed by atoms with van der Waals surface area (Å²) in [5, 5.41) is 7.24. The van der Waals surface area contributed by atoms with Crippen LogP contribution >= 0.6 is 11.8 Å². The van der Waals surface area contributed by atoms with Crippen molar-refractivity contribution in [2.24, 2.45) is 0 Å². The highest BCUT2D eigenvalue weighted by molar-refractivity contribution is 8.01. The van der Waals surface area contributed by atoms with E-state index in [2.05, 4.69) is 28.2 Å². The highest BCUT2D eigenvalue weighted by atomic mass is 32.2. The van der Waals surface area contributed by atoms with Crippen LogP contribution in [-0.2, 0) is 16.1 Å². The van der Waals surface area contributed by atoms with E-state index in [-0.39, 0.29) is 23.6 Å². The first kappa shape index (κ1) is 23.5. The van der Waals surface area contributed by atoms with Crippen LogP contribution in [0, 0.1) is 0 Å². The Kier molecular flexibility index (Phi) is 7.27. The van der Waals surface area contributed by atoms with Crippen molar-refractivity contribution in [3.8, 4) is 0 Å². The van der Waals surface area contributed by atoms with Crippen LogP contribution in [0.4, 0.5) is 5.69 Å². The molecule has 4 rings (SSSR count). The van der Waals surface area contributed by atoms with Crippen LogP contribution in [0.15, 0.2) is 58.2 Å². The molecule has 0 saturated heterocycles. The fraction of sp³-hybridized carbons (Fsp3) is 0.292. The summed E-state index contributed by atoms with van der Waals surface area (Å²) in [7, 11) is 0.